The Morgan fingerprint density at radius 1 is 0.931 bits per heavy atom. The normalized spacial score (nSPS) is 10.9. The van der Waals surface area contributed by atoms with Gasteiger partial charge in [0.1, 0.15) is 5.75 Å². The van der Waals surface area contributed by atoms with Gasteiger partial charge in [-0.3, -0.25) is 10.1 Å². The average molecular weight is 397 g/mol. The molecule has 0 heterocycles. The number of benzene rings is 2. The highest BCUT2D eigenvalue weighted by atomic mass is 16.6. The standard InChI is InChI=1S/C22H27N3O4/c1-18(2)17-28-15-5-3-4-6-16-29-22-13-9-20(10-14-22)24-23-19-7-11-21(12-8-19)25(26)27/h7-14H,1,3-6,15-17H2,2H3. The fourth-order valence-corrected chi connectivity index (χ4v) is 2.46. The van der Waals surface area contributed by atoms with Crippen LogP contribution in [0.3, 0.4) is 0 Å². The number of nitro groups is 1. The molecule has 0 aliphatic carbocycles. The molecule has 0 radical (unpaired) electrons. The summed E-state index contributed by atoms with van der Waals surface area (Å²) < 4.78 is 11.2. The molecule has 7 nitrogen and oxygen atoms in total. The topological polar surface area (TPSA) is 86.3 Å². The summed E-state index contributed by atoms with van der Waals surface area (Å²) in [6, 6.07) is 13.3. The first kappa shape index (κ1) is 22.2. The predicted molar refractivity (Wildman–Crippen MR) is 113 cm³/mol. The van der Waals surface area contributed by atoms with Crippen LogP contribution < -0.4 is 4.74 Å². The van der Waals surface area contributed by atoms with Gasteiger partial charge in [-0.05, 0) is 62.6 Å². The molecule has 0 unspecified atom stereocenters. The molecule has 0 aliphatic rings. The minimum absolute atomic E-state index is 0.0292. The smallest absolute Gasteiger partial charge is 0.269 e. The van der Waals surface area contributed by atoms with Crippen molar-refractivity contribution in [1.82, 2.24) is 0 Å². The van der Waals surface area contributed by atoms with Gasteiger partial charge < -0.3 is 9.47 Å². The van der Waals surface area contributed by atoms with Crippen molar-refractivity contribution in [2.45, 2.75) is 32.6 Å². The molecule has 7 heteroatoms. The molecular weight excluding hydrogens is 370 g/mol. The van der Waals surface area contributed by atoms with Gasteiger partial charge >= 0.3 is 0 Å². The molecule has 2 aromatic rings. The Kier molecular flexibility index (Phi) is 9.51. The van der Waals surface area contributed by atoms with Crippen molar-refractivity contribution >= 4 is 17.1 Å². The van der Waals surface area contributed by atoms with Crippen LogP contribution in [0, 0.1) is 10.1 Å². The second-order valence-corrected chi connectivity index (χ2v) is 6.74. The Labute approximate surface area is 171 Å². The van der Waals surface area contributed by atoms with Crippen LogP contribution in [-0.2, 0) is 4.74 Å². The molecule has 0 saturated carbocycles. The zero-order chi connectivity index (χ0) is 20.9. The molecule has 0 N–H and O–H groups in total. The third-order valence-electron chi connectivity index (χ3n) is 3.98. The van der Waals surface area contributed by atoms with E-state index in [9.17, 15) is 10.1 Å². The molecular formula is C22H27N3O4. The largest absolute Gasteiger partial charge is 0.494 e. The van der Waals surface area contributed by atoms with E-state index in [1.54, 1.807) is 12.1 Å². The van der Waals surface area contributed by atoms with Crippen molar-refractivity contribution in [3.05, 3.63) is 70.8 Å². The molecule has 0 spiro atoms. The molecule has 0 aliphatic heterocycles. The molecule has 29 heavy (non-hydrogen) atoms. The lowest BCUT2D eigenvalue weighted by Crippen LogP contribution is -1.99. The van der Waals surface area contributed by atoms with E-state index in [0.29, 0.717) is 24.6 Å². The van der Waals surface area contributed by atoms with Gasteiger partial charge in [-0.15, -0.1) is 0 Å². The first-order valence-electron chi connectivity index (χ1n) is 9.66. The number of non-ortho nitro benzene ring substituents is 1. The van der Waals surface area contributed by atoms with Gasteiger partial charge in [-0.2, -0.15) is 10.2 Å². The molecule has 0 atom stereocenters. The third-order valence-corrected chi connectivity index (χ3v) is 3.98. The Bertz CT molecular complexity index is 802. The molecule has 0 aromatic heterocycles. The van der Waals surface area contributed by atoms with Crippen molar-refractivity contribution in [1.29, 1.82) is 0 Å². The van der Waals surface area contributed by atoms with Crippen LogP contribution in [0.4, 0.5) is 17.1 Å². The number of unbranched alkanes of at least 4 members (excludes halogenated alkanes) is 3. The first-order chi connectivity index (χ1) is 14.0. The number of azo groups is 1. The van der Waals surface area contributed by atoms with Gasteiger partial charge in [0.15, 0.2) is 0 Å². The number of hydrogen-bond acceptors (Lipinski definition) is 6. The summed E-state index contributed by atoms with van der Waals surface area (Å²) in [6.07, 6.45) is 4.29. The summed E-state index contributed by atoms with van der Waals surface area (Å²) in [4.78, 5) is 10.2. The van der Waals surface area contributed by atoms with E-state index in [2.05, 4.69) is 16.8 Å². The van der Waals surface area contributed by atoms with Gasteiger partial charge in [0.05, 0.1) is 29.5 Å². The van der Waals surface area contributed by atoms with Gasteiger partial charge in [-0.1, -0.05) is 18.6 Å². The van der Waals surface area contributed by atoms with E-state index >= 15 is 0 Å². The summed E-state index contributed by atoms with van der Waals surface area (Å²) in [6.45, 7) is 7.87. The molecule has 0 saturated heterocycles. The van der Waals surface area contributed by atoms with E-state index in [1.807, 2.05) is 31.2 Å². The lowest BCUT2D eigenvalue weighted by Gasteiger charge is -2.06. The lowest BCUT2D eigenvalue weighted by molar-refractivity contribution is -0.384. The van der Waals surface area contributed by atoms with Crippen molar-refractivity contribution in [3.63, 3.8) is 0 Å². The Hall–Kier alpha value is -3.06. The minimum atomic E-state index is -0.445. The van der Waals surface area contributed by atoms with Gasteiger partial charge in [0.2, 0.25) is 0 Å². The van der Waals surface area contributed by atoms with E-state index in [4.69, 9.17) is 9.47 Å². The Balaban J connectivity index is 1.64. The maximum absolute atomic E-state index is 10.6. The van der Waals surface area contributed by atoms with Crippen molar-refractivity contribution in [2.75, 3.05) is 19.8 Å². The van der Waals surface area contributed by atoms with Gasteiger partial charge in [-0.25, -0.2) is 0 Å². The predicted octanol–water partition coefficient (Wildman–Crippen LogP) is 6.54. The molecule has 0 amide bonds. The third kappa shape index (κ3) is 9.12. The number of ether oxygens (including phenoxy) is 2. The average Bonchev–Trinajstić information content (AvgIpc) is 2.72. The van der Waals surface area contributed by atoms with Crippen molar-refractivity contribution < 1.29 is 14.4 Å². The van der Waals surface area contributed by atoms with Crippen molar-refractivity contribution in [2.24, 2.45) is 10.2 Å². The van der Waals surface area contributed by atoms with Crippen molar-refractivity contribution in [3.8, 4) is 5.75 Å². The number of nitrogens with zero attached hydrogens (tertiary/aromatic N) is 3. The maximum Gasteiger partial charge on any atom is 0.269 e. The second kappa shape index (κ2) is 12.4. The fraction of sp³-hybridized carbons (Fsp3) is 0.364. The SMILES string of the molecule is C=C(C)COCCCCCCOc1ccc(N=Nc2ccc([N+](=O)[O-])cc2)cc1. The van der Waals surface area contributed by atoms with E-state index < -0.39 is 4.92 Å². The molecule has 0 fully saturated rings. The van der Waals surface area contributed by atoms with Crippen LogP contribution in [0.25, 0.3) is 0 Å². The van der Waals surface area contributed by atoms with Gasteiger partial charge in [0.25, 0.3) is 5.69 Å². The summed E-state index contributed by atoms with van der Waals surface area (Å²) in [5.74, 6) is 0.795. The molecule has 2 rings (SSSR count). The van der Waals surface area contributed by atoms with E-state index in [1.165, 1.54) is 12.1 Å². The summed E-state index contributed by atoms with van der Waals surface area (Å²) >= 11 is 0. The second-order valence-electron chi connectivity index (χ2n) is 6.74. The van der Waals surface area contributed by atoms with E-state index in [0.717, 1.165) is 43.6 Å². The first-order valence-corrected chi connectivity index (χ1v) is 9.66. The minimum Gasteiger partial charge on any atom is -0.494 e. The highest BCUT2D eigenvalue weighted by molar-refractivity contribution is 5.45. The fourth-order valence-electron chi connectivity index (χ4n) is 2.46. The van der Waals surface area contributed by atoms with Crippen LogP contribution in [0.15, 0.2) is 70.9 Å². The molecule has 154 valence electrons. The van der Waals surface area contributed by atoms with Crippen LogP contribution in [0.5, 0.6) is 5.75 Å². The molecule has 0 bridgehead atoms. The molecule has 2 aromatic carbocycles. The zero-order valence-corrected chi connectivity index (χ0v) is 16.8. The van der Waals surface area contributed by atoms with Gasteiger partial charge in [0, 0.05) is 18.7 Å². The monoisotopic (exact) mass is 397 g/mol. The van der Waals surface area contributed by atoms with Crippen LogP contribution >= 0.6 is 0 Å². The highest BCUT2D eigenvalue weighted by Gasteiger charge is 2.03. The number of nitro benzene ring substituents is 1. The maximum atomic E-state index is 10.6. The van der Waals surface area contributed by atoms with E-state index in [-0.39, 0.29) is 5.69 Å². The lowest BCUT2D eigenvalue weighted by atomic mass is 10.2. The number of hydrogen-bond donors (Lipinski definition) is 0. The highest BCUT2D eigenvalue weighted by Crippen LogP contribution is 2.23. The quantitative estimate of drug-likeness (QED) is 0.126. The Morgan fingerprint density at radius 2 is 1.48 bits per heavy atom. The summed E-state index contributed by atoms with van der Waals surface area (Å²) in [5, 5.41) is 18.9. The van der Waals surface area contributed by atoms with Crippen LogP contribution in [0.2, 0.25) is 0 Å². The summed E-state index contributed by atoms with van der Waals surface area (Å²) in [7, 11) is 0. The van der Waals surface area contributed by atoms with Crippen LogP contribution in [0.1, 0.15) is 32.6 Å². The van der Waals surface area contributed by atoms with Crippen LogP contribution in [-0.4, -0.2) is 24.7 Å². The summed E-state index contributed by atoms with van der Waals surface area (Å²) in [5.41, 5.74) is 2.32. The Morgan fingerprint density at radius 3 is 2.03 bits per heavy atom. The zero-order valence-electron chi connectivity index (χ0n) is 16.8. The number of rotatable bonds is 13.